The monoisotopic (exact) mass is 396 g/mol. The number of hydrogen-bond acceptors (Lipinski definition) is 4. The summed E-state index contributed by atoms with van der Waals surface area (Å²) in [5.41, 5.74) is 3.78. The fourth-order valence-electron chi connectivity index (χ4n) is 3.04. The van der Waals surface area contributed by atoms with Crippen molar-refractivity contribution in [2.45, 2.75) is 13.3 Å². The Bertz CT molecular complexity index is 1180. The highest BCUT2D eigenvalue weighted by atomic mass is 35.5. The maximum absolute atomic E-state index is 12.8. The molecule has 0 saturated heterocycles. The molecular weight excluding hydrogens is 380 g/mol. The fraction of sp³-hybridized carbons (Fsp3) is 0.143. The summed E-state index contributed by atoms with van der Waals surface area (Å²) in [6.45, 7) is 1.95. The van der Waals surface area contributed by atoms with Gasteiger partial charge >= 0.3 is 0 Å². The van der Waals surface area contributed by atoms with E-state index in [1.165, 1.54) is 11.3 Å². The predicted molar refractivity (Wildman–Crippen MR) is 111 cm³/mol. The SMILES string of the molecule is COc1ccc(Cc2nc3scc(-c4ccc(Cl)c(C)c4)c3c(=O)[nH]2)cc1. The van der Waals surface area contributed by atoms with Crippen LogP contribution >= 0.6 is 22.9 Å². The fourth-order valence-corrected chi connectivity index (χ4v) is 4.12. The number of aromatic nitrogens is 2. The molecule has 27 heavy (non-hydrogen) atoms. The van der Waals surface area contributed by atoms with Crippen molar-refractivity contribution in [2.75, 3.05) is 7.11 Å². The smallest absolute Gasteiger partial charge is 0.260 e. The lowest BCUT2D eigenvalue weighted by atomic mass is 10.0. The topological polar surface area (TPSA) is 55.0 Å². The maximum atomic E-state index is 12.8. The van der Waals surface area contributed by atoms with Crippen LogP contribution in [0.25, 0.3) is 21.3 Å². The van der Waals surface area contributed by atoms with Gasteiger partial charge in [0.15, 0.2) is 0 Å². The molecule has 2 heterocycles. The summed E-state index contributed by atoms with van der Waals surface area (Å²) in [6.07, 6.45) is 0.558. The van der Waals surface area contributed by atoms with E-state index < -0.39 is 0 Å². The Kier molecular flexibility index (Phi) is 4.72. The van der Waals surface area contributed by atoms with E-state index in [-0.39, 0.29) is 5.56 Å². The number of rotatable bonds is 4. The lowest BCUT2D eigenvalue weighted by Crippen LogP contribution is -2.11. The van der Waals surface area contributed by atoms with Gasteiger partial charge < -0.3 is 9.72 Å². The van der Waals surface area contributed by atoms with Crippen molar-refractivity contribution in [3.63, 3.8) is 0 Å². The van der Waals surface area contributed by atoms with Crippen LogP contribution in [-0.2, 0) is 6.42 Å². The van der Waals surface area contributed by atoms with Crippen molar-refractivity contribution in [3.8, 4) is 16.9 Å². The Labute approximate surface area is 165 Å². The lowest BCUT2D eigenvalue weighted by Gasteiger charge is -2.05. The minimum absolute atomic E-state index is 0.118. The van der Waals surface area contributed by atoms with E-state index in [0.29, 0.717) is 22.7 Å². The van der Waals surface area contributed by atoms with Gasteiger partial charge in [0.25, 0.3) is 5.56 Å². The van der Waals surface area contributed by atoms with Gasteiger partial charge in [-0.05, 0) is 47.9 Å². The number of nitrogens with one attached hydrogen (secondary N) is 1. The summed E-state index contributed by atoms with van der Waals surface area (Å²) in [7, 11) is 1.64. The van der Waals surface area contributed by atoms with Gasteiger partial charge in [0.05, 0.1) is 12.5 Å². The van der Waals surface area contributed by atoms with Crippen molar-refractivity contribution < 1.29 is 4.74 Å². The molecule has 4 aromatic rings. The third-order valence-electron chi connectivity index (χ3n) is 4.49. The second kappa shape index (κ2) is 7.18. The van der Waals surface area contributed by atoms with E-state index in [0.717, 1.165) is 32.8 Å². The van der Waals surface area contributed by atoms with Crippen LogP contribution in [0.3, 0.4) is 0 Å². The van der Waals surface area contributed by atoms with Crippen LogP contribution in [0.4, 0.5) is 0 Å². The highest BCUT2D eigenvalue weighted by Crippen LogP contribution is 2.32. The van der Waals surface area contributed by atoms with Gasteiger partial charge in [-0.25, -0.2) is 4.98 Å². The molecule has 0 spiro atoms. The second-order valence-corrected chi connectivity index (χ2v) is 7.60. The van der Waals surface area contributed by atoms with E-state index in [9.17, 15) is 4.79 Å². The standard InChI is InChI=1S/C21H17ClN2O2S/c1-12-9-14(5-8-17(12)22)16-11-27-21-19(16)20(25)23-18(24-21)10-13-3-6-15(26-2)7-4-13/h3-9,11H,10H2,1-2H3,(H,23,24,25). The zero-order valence-corrected chi connectivity index (χ0v) is 16.4. The predicted octanol–water partition coefficient (Wildman–Crippen LogP) is 5.21. The molecule has 0 unspecified atom stereocenters. The van der Waals surface area contributed by atoms with Gasteiger partial charge in [-0.2, -0.15) is 0 Å². The van der Waals surface area contributed by atoms with Crippen LogP contribution < -0.4 is 10.3 Å². The number of H-pyrrole nitrogens is 1. The van der Waals surface area contributed by atoms with Crippen LogP contribution in [0.1, 0.15) is 17.0 Å². The number of aryl methyl sites for hydroxylation is 1. The number of methoxy groups -OCH3 is 1. The summed E-state index contributed by atoms with van der Waals surface area (Å²) in [4.78, 5) is 21.1. The van der Waals surface area contributed by atoms with Crippen molar-refractivity contribution >= 4 is 33.2 Å². The highest BCUT2D eigenvalue weighted by molar-refractivity contribution is 7.17. The Morgan fingerprint density at radius 3 is 2.67 bits per heavy atom. The summed E-state index contributed by atoms with van der Waals surface area (Å²) in [6, 6.07) is 13.5. The number of benzene rings is 2. The van der Waals surface area contributed by atoms with Gasteiger partial charge in [0.1, 0.15) is 16.4 Å². The van der Waals surface area contributed by atoms with Crippen LogP contribution in [0.2, 0.25) is 5.02 Å². The Morgan fingerprint density at radius 1 is 1.19 bits per heavy atom. The second-order valence-electron chi connectivity index (χ2n) is 6.33. The van der Waals surface area contributed by atoms with Crippen molar-refractivity contribution in [1.29, 1.82) is 0 Å². The molecule has 6 heteroatoms. The zero-order chi connectivity index (χ0) is 19.0. The number of halogens is 1. The molecule has 4 rings (SSSR count). The van der Waals surface area contributed by atoms with E-state index in [4.69, 9.17) is 16.3 Å². The van der Waals surface area contributed by atoms with Crippen LogP contribution in [0.5, 0.6) is 5.75 Å². The molecule has 1 N–H and O–H groups in total. The Hall–Kier alpha value is -2.63. The number of thiophene rings is 1. The maximum Gasteiger partial charge on any atom is 0.260 e. The number of ether oxygens (including phenoxy) is 1. The number of nitrogens with zero attached hydrogens (tertiary/aromatic N) is 1. The quantitative estimate of drug-likeness (QED) is 0.515. The highest BCUT2D eigenvalue weighted by Gasteiger charge is 2.14. The Morgan fingerprint density at radius 2 is 1.96 bits per heavy atom. The average Bonchev–Trinajstić information content (AvgIpc) is 3.09. The minimum atomic E-state index is -0.118. The van der Waals surface area contributed by atoms with Crippen LogP contribution in [0, 0.1) is 6.92 Å². The normalized spacial score (nSPS) is 11.1. The zero-order valence-electron chi connectivity index (χ0n) is 14.9. The largest absolute Gasteiger partial charge is 0.497 e. The first kappa shape index (κ1) is 17.8. The summed E-state index contributed by atoms with van der Waals surface area (Å²) < 4.78 is 5.18. The molecule has 0 radical (unpaired) electrons. The van der Waals surface area contributed by atoms with Crippen molar-refractivity contribution in [1.82, 2.24) is 9.97 Å². The molecule has 0 fully saturated rings. The van der Waals surface area contributed by atoms with Crippen molar-refractivity contribution in [3.05, 3.63) is 80.2 Å². The first-order valence-corrected chi connectivity index (χ1v) is 9.71. The van der Waals surface area contributed by atoms with Gasteiger partial charge in [-0.3, -0.25) is 4.79 Å². The first-order valence-electron chi connectivity index (χ1n) is 8.45. The molecule has 0 atom stereocenters. The third-order valence-corrected chi connectivity index (χ3v) is 5.79. The van der Waals surface area contributed by atoms with Crippen LogP contribution in [-0.4, -0.2) is 17.1 Å². The van der Waals surface area contributed by atoms with Gasteiger partial charge in [-0.1, -0.05) is 29.8 Å². The van der Waals surface area contributed by atoms with Crippen LogP contribution in [0.15, 0.2) is 52.6 Å². The number of hydrogen-bond donors (Lipinski definition) is 1. The van der Waals surface area contributed by atoms with Gasteiger partial charge in [0, 0.05) is 22.4 Å². The summed E-state index contributed by atoms with van der Waals surface area (Å²) in [5.74, 6) is 1.45. The molecule has 0 aliphatic heterocycles. The average molecular weight is 397 g/mol. The molecular formula is C21H17ClN2O2S. The van der Waals surface area contributed by atoms with E-state index in [1.807, 2.05) is 54.8 Å². The van der Waals surface area contributed by atoms with Gasteiger partial charge in [-0.15, -0.1) is 11.3 Å². The molecule has 0 amide bonds. The first-order chi connectivity index (χ1) is 13.0. The molecule has 2 aromatic carbocycles. The van der Waals surface area contributed by atoms with E-state index in [2.05, 4.69) is 9.97 Å². The number of fused-ring (bicyclic) bond motifs is 1. The van der Waals surface area contributed by atoms with Gasteiger partial charge in [0.2, 0.25) is 0 Å². The Balaban J connectivity index is 1.72. The number of aromatic amines is 1. The molecule has 4 nitrogen and oxygen atoms in total. The summed E-state index contributed by atoms with van der Waals surface area (Å²) >= 11 is 7.60. The summed E-state index contributed by atoms with van der Waals surface area (Å²) in [5, 5.41) is 3.32. The molecule has 136 valence electrons. The van der Waals surface area contributed by atoms with E-state index in [1.54, 1.807) is 7.11 Å². The molecule has 0 saturated carbocycles. The lowest BCUT2D eigenvalue weighted by molar-refractivity contribution is 0.414. The molecule has 0 aliphatic carbocycles. The van der Waals surface area contributed by atoms with E-state index >= 15 is 0 Å². The minimum Gasteiger partial charge on any atom is -0.497 e. The molecule has 2 aromatic heterocycles. The van der Waals surface area contributed by atoms with Crippen molar-refractivity contribution in [2.24, 2.45) is 0 Å². The molecule has 0 bridgehead atoms. The third kappa shape index (κ3) is 3.48. The molecule has 0 aliphatic rings.